The lowest BCUT2D eigenvalue weighted by atomic mass is 10.1. The zero-order chi connectivity index (χ0) is 12.1. The van der Waals surface area contributed by atoms with Crippen LogP contribution >= 0.6 is 0 Å². The van der Waals surface area contributed by atoms with E-state index in [-0.39, 0.29) is 6.10 Å². The summed E-state index contributed by atoms with van der Waals surface area (Å²) in [5, 5.41) is 10.1. The zero-order valence-corrected chi connectivity index (χ0v) is 9.78. The lowest BCUT2D eigenvalue weighted by Gasteiger charge is -2.20. The minimum absolute atomic E-state index is 0.278. The third-order valence-corrected chi connectivity index (χ3v) is 2.65. The third kappa shape index (κ3) is 3.08. The summed E-state index contributed by atoms with van der Waals surface area (Å²) >= 11 is 0. The maximum atomic E-state index is 10.1. The van der Waals surface area contributed by atoms with Gasteiger partial charge < -0.3 is 9.84 Å². The Bertz CT molecular complexity index is 439. The van der Waals surface area contributed by atoms with Crippen LogP contribution in [0.3, 0.4) is 0 Å². The number of para-hydroxylation sites is 1. The SMILES string of the molecule is C[C@H](Oc1ccccc1)[C@@H](O)c1ccccc1. The molecule has 2 atom stereocenters. The minimum Gasteiger partial charge on any atom is -0.488 e. The predicted octanol–water partition coefficient (Wildman–Crippen LogP) is 3.19. The van der Waals surface area contributed by atoms with Crippen molar-refractivity contribution in [3.63, 3.8) is 0 Å². The summed E-state index contributed by atoms with van der Waals surface area (Å²) in [6.07, 6.45) is -0.892. The molecule has 2 aromatic rings. The molecular weight excluding hydrogens is 212 g/mol. The van der Waals surface area contributed by atoms with Gasteiger partial charge in [0.1, 0.15) is 18.0 Å². The quantitative estimate of drug-likeness (QED) is 0.870. The molecule has 0 aromatic heterocycles. The lowest BCUT2D eigenvalue weighted by molar-refractivity contribution is 0.0467. The molecule has 0 heterocycles. The van der Waals surface area contributed by atoms with Gasteiger partial charge in [0.25, 0.3) is 0 Å². The fourth-order valence-electron chi connectivity index (χ4n) is 1.70. The highest BCUT2D eigenvalue weighted by Gasteiger charge is 2.17. The highest BCUT2D eigenvalue weighted by atomic mass is 16.5. The molecule has 0 saturated heterocycles. The summed E-state index contributed by atoms with van der Waals surface area (Å²) in [6.45, 7) is 1.87. The van der Waals surface area contributed by atoms with Gasteiger partial charge in [-0.15, -0.1) is 0 Å². The third-order valence-electron chi connectivity index (χ3n) is 2.65. The van der Waals surface area contributed by atoms with Gasteiger partial charge >= 0.3 is 0 Å². The molecule has 0 aliphatic carbocycles. The Morgan fingerprint density at radius 3 is 2.00 bits per heavy atom. The van der Waals surface area contributed by atoms with Crippen LogP contribution in [-0.2, 0) is 0 Å². The van der Waals surface area contributed by atoms with Gasteiger partial charge in [0.05, 0.1) is 0 Å². The van der Waals surface area contributed by atoms with Gasteiger partial charge in [-0.05, 0) is 24.6 Å². The van der Waals surface area contributed by atoms with Crippen molar-refractivity contribution in [2.45, 2.75) is 19.1 Å². The molecule has 2 heteroatoms. The molecule has 2 nitrogen and oxygen atoms in total. The van der Waals surface area contributed by atoms with Crippen molar-refractivity contribution in [3.05, 3.63) is 66.2 Å². The van der Waals surface area contributed by atoms with Crippen LogP contribution in [0, 0.1) is 0 Å². The first-order valence-corrected chi connectivity index (χ1v) is 5.72. The number of aliphatic hydroxyl groups is 1. The van der Waals surface area contributed by atoms with Gasteiger partial charge in [-0.1, -0.05) is 48.5 Å². The van der Waals surface area contributed by atoms with Crippen LogP contribution in [0.15, 0.2) is 60.7 Å². The molecule has 0 bridgehead atoms. The molecule has 0 saturated carbocycles. The van der Waals surface area contributed by atoms with Crippen molar-refractivity contribution < 1.29 is 9.84 Å². The van der Waals surface area contributed by atoms with Crippen LogP contribution < -0.4 is 4.74 Å². The topological polar surface area (TPSA) is 29.5 Å². The molecular formula is C15H16O2. The van der Waals surface area contributed by atoms with Gasteiger partial charge in [0.15, 0.2) is 0 Å². The highest BCUT2D eigenvalue weighted by molar-refractivity contribution is 5.23. The number of rotatable bonds is 4. The Morgan fingerprint density at radius 2 is 1.41 bits per heavy atom. The van der Waals surface area contributed by atoms with Crippen LogP contribution in [0.25, 0.3) is 0 Å². The zero-order valence-electron chi connectivity index (χ0n) is 9.78. The van der Waals surface area contributed by atoms with E-state index in [0.29, 0.717) is 0 Å². The first kappa shape index (κ1) is 11.7. The van der Waals surface area contributed by atoms with Crippen molar-refractivity contribution in [3.8, 4) is 5.75 Å². The number of hydrogen-bond acceptors (Lipinski definition) is 2. The van der Waals surface area contributed by atoms with Gasteiger partial charge in [-0.25, -0.2) is 0 Å². The van der Waals surface area contributed by atoms with E-state index >= 15 is 0 Å². The van der Waals surface area contributed by atoms with Crippen LogP contribution in [0.2, 0.25) is 0 Å². The van der Waals surface area contributed by atoms with E-state index in [9.17, 15) is 5.11 Å². The van der Waals surface area contributed by atoms with Crippen molar-refractivity contribution in [1.82, 2.24) is 0 Å². The Morgan fingerprint density at radius 1 is 0.882 bits per heavy atom. The summed E-state index contributed by atoms with van der Waals surface area (Å²) in [5.41, 5.74) is 0.871. The van der Waals surface area contributed by atoms with Crippen molar-refractivity contribution in [1.29, 1.82) is 0 Å². The first-order valence-electron chi connectivity index (χ1n) is 5.72. The minimum atomic E-state index is -0.614. The molecule has 0 aliphatic heterocycles. The van der Waals surface area contributed by atoms with E-state index in [1.54, 1.807) is 0 Å². The van der Waals surface area contributed by atoms with E-state index in [1.807, 2.05) is 67.6 Å². The molecule has 0 aliphatic rings. The number of benzene rings is 2. The molecule has 88 valence electrons. The molecule has 0 amide bonds. The van der Waals surface area contributed by atoms with Crippen LogP contribution in [0.4, 0.5) is 0 Å². The summed E-state index contributed by atoms with van der Waals surface area (Å²) in [7, 11) is 0. The number of aliphatic hydroxyl groups excluding tert-OH is 1. The van der Waals surface area contributed by atoms with Crippen molar-refractivity contribution in [2.75, 3.05) is 0 Å². The molecule has 0 spiro atoms. The monoisotopic (exact) mass is 228 g/mol. The standard InChI is InChI=1S/C15H16O2/c1-12(17-14-10-6-3-7-11-14)15(16)13-8-4-2-5-9-13/h2-12,15-16H,1H3/t12-,15+/m0/s1. The van der Waals surface area contributed by atoms with Gasteiger partial charge in [0, 0.05) is 0 Å². The second kappa shape index (κ2) is 5.51. The van der Waals surface area contributed by atoms with E-state index in [0.717, 1.165) is 11.3 Å². The second-order valence-corrected chi connectivity index (χ2v) is 3.99. The summed E-state index contributed by atoms with van der Waals surface area (Å²) in [6, 6.07) is 19.1. The van der Waals surface area contributed by atoms with Gasteiger partial charge in [-0.2, -0.15) is 0 Å². The lowest BCUT2D eigenvalue weighted by Crippen LogP contribution is -2.21. The summed E-state index contributed by atoms with van der Waals surface area (Å²) < 4.78 is 5.68. The average Bonchev–Trinajstić information content (AvgIpc) is 2.40. The maximum Gasteiger partial charge on any atom is 0.126 e. The predicted molar refractivity (Wildman–Crippen MR) is 67.9 cm³/mol. The van der Waals surface area contributed by atoms with Crippen molar-refractivity contribution >= 4 is 0 Å². The molecule has 17 heavy (non-hydrogen) atoms. The summed E-state index contributed by atoms with van der Waals surface area (Å²) in [5.74, 6) is 0.773. The summed E-state index contributed by atoms with van der Waals surface area (Å²) in [4.78, 5) is 0. The van der Waals surface area contributed by atoms with E-state index in [1.165, 1.54) is 0 Å². The molecule has 0 unspecified atom stereocenters. The van der Waals surface area contributed by atoms with Crippen molar-refractivity contribution in [2.24, 2.45) is 0 Å². The van der Waals surface area contributed by atoms with Crippen LogP contribution in [0.5, 0.6) is 5.75 Å². The highest BCUT2D eigenvalue weighted by Crippen LogP contribution is 2.21. The largest absolute Gasteiger partial charge is 0.488 e. The average molecular weight is 228 g/mol. The van der Waals surface area contributed by atoms with E-state index in [2.05, 4.69) is 0 Å². The van der Waals surface area contributed by atoms with Gasteiger partial charge in [0.2, 0.25) is 0 Å². The normalized spacial score (nSPS) is 14.0. The Kier molecular flexibility index (Phi) is 3.78. The van der Waals surface area contributed by atoms with E-state index in [4.69, 9.17) is 4.74 Å². The fraction of sp³-hybridized carbons (Fsp3) is 0.200. The number of ether oxygens (including phenoxy) is 1. The maximum absolute atomic E-state index is 10.1. The Labute approximate surface area is 101 Å². The Hall–Kier alpha value is -1.80. The van der Waals surface area contributed by atoms with Crippen LogP contribution in [-0.4, -0.2) is 11.2 Å². The van der Waals surface area contributed by atoms with E-state index < -0.39 is 6.10 Å². The van der Waals surface area contributed by atoms with Gasteiger partial charge in [-0.3, -0.25) is 0 Å². The molecule has 1 N–H and O–H groups in total. The smallest absolute Gasteiger partial charge is 0.126 e. The second-order valence-electron chi connectivity index (χ2n) is 3.99. The Balaban J connectivity index is 2.03. The first-order chi connectivity index (χ1) is 8.27. The number of hydrogen-bond donors (Lipinski definition) is 1. The molecule has 2 aromatic carbocycles. The van der Waals surface area contributed by atoms with Crippen LogP contribution in [0.1, 0.15) is 18.6 Å². The fourth-order valence-corrected chi connectivity index (χ4v) is 1.70. The molecule has 0 fully saturated rings. The molecule has 0 radical (unpaired) electrons. The molecule has 2 rings (SSSR count).